The molecule has 0 aromatic carbocycles. The summed E-state index contributed by atoms with van der Waals surface area (Å²) >= 11 is 0. The quantitative estimate of drug-likeness (QED) is 0.735. The number of aliphatic hydroxyl groups excluding tert-OH is 1. The molecule has 1 heterocycles. The summed E-state index contributed by atoms with van der Waals surface area (Å²) in [6.07, 6.45) is 7.46. The van der Waals surface area contributed by atoms with E-state index in [9.17, 15) is 9.90 Å². The number of hydrogen-bond acceptors (Lipinski definition) is 2. The highest BCUT2D eigenvalue weighted by atomic mass is 16.3. The maximum absolute atomic E-state index is 12.2. The number of carbonyl (C=O) groups excluding carboxylic acids is 1. The standard InChI is InChI=1S/C14H28N2O2/c1-3-5-8-12(7-4-2)15-14(18)16-10-6-9-13(16)11-17/h12-13,17H,3-11H2,1-2H3,(H,15,18)/t12?,13-/m1/s1. The molecule has 2 atom stereocenters. The summed E-state index contributed by atoms with van der Waals surface area (Å²) in [6, 6.07) is 0.335. The predicted molar refractivity (Wildman–Crippen MR) is 73.6 cm³/mol. The van der Waals surface area contributed by atoms with Gasteiger partial charge in [0.15, 0.2) is 0 Å². The van der Waals surface area contributed by atoms with E-state index in [-0.39, 0.29) is 18.7 Å². The number of nitrogens with zero attached hydrogens (tertiary/aromatic N) is 1. The lowest BCUT2D eigenvalue weighted by molar-refractivity contribution is 0.153. The Bertz CT molecular complexity index is 246. The van der Waals surface area contributed by atoms with Crippen LogP contribution < -0.4 is 5.32 Å². The van der Waals surface area contributed by atoms with E-state index < -0.39 is 0 Å². The molecule has 1 aliphatic heterocycles. The second-order valence-electron chi connectivity index (χ2n) is 5.25. The highest BCUT2D eigenvalue weighted by Gasteiger charge is 2.28. The van der Waals surface area contributed by atoms with E-state index in [4.69, 9.17) is 0 Å². The number of carbonyl (C=O) groups is 1. The number of likely N-dealkylation sites (tertiary alicyclic amines) is 1. The molecule has 4 heteroatoms. The SMILES string of the molecule is CCCCC(CCC)NC(=O)N1CCC[C@@H]1CO. The summed E-state index contributed by atoms with van der Waals surface area (Å²) in [4.78, 5) is 14.0. The maximum Gasteiger partial charge on any atom is 0.317 e. The van der Waals surface area contributed by atoms with Gasteiger partial charge in [-0.05, 0) is 25.7 Å². The van der Waals surface area contributed by atoms with Crippen LogP contribution in [0, 0.1) is 0 Å². The van der Waals surface area contributed by atoms with Crippen LogP contribution >= 0.6 is 0 Å². The zero-order chi connectivity index (χ0) is 13.4. The van der Waals surface area contributed by atoms with Gasteiger partial charge < -0.3 is 15.3 Å². The minimum absolute atomic E-state index is 0.0149. The van der Waals surface area contributed by atoms with Gasteiger partial charge in [0.25, 0.3) is 0 Å². The smallest absolute Gasteiger partial charge is 0.317 e. The fraction of sp³-hybridized carbons (Fsp3) is 0.929. The molecule has 0 radical (unpaired) electrons. The van der Waals surface area contributed by atoms with Gasteiger partial charge in [-0.2, -0.15) is 0 Å². The molecular formula is C14H28N2O2. The van der Waals surface area contributed by atoms with Crippen molar-refractivity contribution < 1.29 is 9.90 Å². The highest BCUT2D eigenvalue weighted by molar-refractivity contribution is 5.75. The molecule has 0 bridgehead atoms. The predicted octanol–water partition coefficient (Wildman–Crippen LogP) is 2.51. The van der Waals surface area contributed by atoms with E-state index in [1.54, 1.807) is 4.90 Å². The molecule has 1 fully saturated rings. The van der Waals surface area contributed by atoms with Gasteiger partial charge >= 0.3 is 6.03 Å². The molecule has 0 aromatic rings. The van der Waals surface area contributed by atoms with Crippen LogP contribution in [0.25, 0.3) is 0 Å². The van der Waals surface area contributed by atoms with Crippen molar-refractivity contribution in [1.82, 2.24) is 10.2 Å². The topological polar surface area (TPSA) is 52.6 Å². The van der Waals surface area contributed by atoms with E-state index in [1.165, 1.54) is 6.42 Å². The van der Waals surface area contributed by atoms with Gasteiger partial charge in [-0.25, -0.2) is 4.79 Å². The summed E-state index contributed by atoms with van der Waals surface area (Å²) in [5, 5.41) is 12.4. The van der Waals surface area contributed by atoms with Crippen LogP contribution in [0.4, 0.5) is 4.79 Å². The molecule has 1 aliphatic rings. The van der Waals surface area contributed by atoms with Crippen molar-refractivity contribution in [3.8, 4) is 0 Å². The van der Waals surface area contributed by atoms with E-state index in [0.717, 1.165) is 45.1 Å². The fourth-order valence-corrected chi connectivity index (χ4v) is 2.64. The first-order valence-electron chi connectivity index (χ1n) is 7.40. The van der Waals surface area contributed by atoms with Crippen LogP contribution in [-0.2, 0) is 0 Å². The van der Waals surface area contributed by atoms with E-state index in [0.29, 0.717) is 6.04 Å². The number of hydrogen-bond donors (Lipinski definition) is 2. The van der Waals surface area contributed by atoms with Crippen molar-refractivity contribution in [2.75, 3.05) is 13.2 Å². The number of urea groups is 1. The minimum Gasteiger partial charge on any atom is -0.394 e. The van der Waals surface area contributed by atoms with Crippen LogP contribution in [0.2, 0.25) is 0 Å². The van der Waals surface area contributed by atoms with Gasteiger partial charge in [0.2, 0.25) is 0 Å². The van der Waals surface area contributed by atoms with Gasteiger partial charge in [-0.1, -0.05) is 33.1 Å². The van der Waals surface area contributed by atoms with Crippen LogP contribution in [0.15, 0.2) is 0 Å². The molecule has 1 unspecified atom stereocenters. The second kappa shape index (κ2) is 8.35. The van der Waals surface area contributed by atoms with Gasteiger partial charge in [0, 0.05) is 12.6 Å². The third-order valence-corrected chi connectivity index (χ3v) is 3.72. The van der Waals surface area contributed by atoms with Crippen molar-refractivity contribution in [3.63, 3.8) is 0 Å². The molecule has 18 heavy (non-hydrogen) atoms. The molecular weight excluding hydrogens is 228 g/mol. The van der Waals surface area contributed by atoms with E-state index in [2.05, 4.69) is 19.2 Å². The molecule has 0 saturated carbocycles. The average molecular weight is 256 g/mol. The monoisotopic (exact) mass is 256 g/mol. The molecule has 0 spiro atoms. The fourth-order valence-electron chi connectivity index (χ4n) is 2.64. The van der Waals surface area contributed by atoms with Crippen molar-refractivity contribution in [3.05, 3.63) is 0 Å². The Morgan fingerprint density at radius 1 is 1.39 bits per heavy atom. The molecule has 4 nitrogen and oxygen atoms in total. The number of nitrogens with one attached hydrogen (secondary N) is 1. The normalized spacial score (nSPS) is 21.1. The molecule has 1 rings (SSSR count). The summed E-state index contributed by atoms with van der Waals surface area (Å²) < 4.78 is 0. The Labute approximate surface area is 111 Å². The van der Waals surface area contributed by atoms with Crippen molar-refractivity contribution in [1.29, 1.82) is 0 Å². The number of amides is 2. The Morgan fingerprint density at radius 3 is 2.78 bits per heavy atom. The lowest BCUT2D eigenvalue weighted by Gasteiger charge is -2.27. The summed E-state index contributed by atoms with van der Waals surface area (Å²) in [5.41, 5.74) is 0. The second-order valence-corrected chi connectivity index (χ2v) is 5.25. The molecule has 0 aliphatic carbocycles. The van der Waals surface area contributed by atoms with Crippen molar-refractivity contribution >= 4 is 6.03 Å². The van der Waals surface area contributed by atoms with E-state index >= 15 is 0 Å². The first-order chi connectivity index (χ1) is 8.72. The van der Waals surface area contributed by atoms with Gasteiger partial charge in [0.05, 0.1) is 12.6 Å². The summed E-state index contributed by atoms with van der Waals surface area (Å²) in [7, 11) is 0. The minimum atomic E-state index is 0.0149. The zero-order valence-electron chi connectivity index (χ0n) is 11.8. The lowest BCUT2D eigenvalue weighted by atomic mass is 10.1. The number of unbranched alkanes of at least 4 members (excludes halogenated alkanes) is 1. The van der Waals surface area contributed by atoms with E-state index in [1.807, 2.05) is 0 Å². The van der Waals surface area contributed by atoms with Crippen LogP contribution in [0.1, 0.15) is 58.8 Å². The number of rotatable bonds is 7. The van der Waals surface area contributed by atoms with Crippen molar-refractivity contribution in [2.45, 2.75) is 70.9 Å². The number of aliphatic hydroxyl groups is 1. The van der Waals surface area contributed by atoms with Crippen LogP contribution in [0.5, 0.6) is 0 Å². The van der Waals surface area contributed by atoms with Crippen LogP contribution in [0.3, 0.4) is 0 Å². The third kappa shape index (κ3) is 4.48. The van der Waals surface area contributed by atoms with Gasteiger partial charge in [-0.15, -0.1) is 0 Å². The molecule has 0 aromatic heterocycles. The third-order valence-electron chi connectivity index (χ3n) is 3.72. The zero-order valence-corrected chi connectivity index (χ0v) is 11.8. The van der Waals surface area contributed by atoms with Gasteiger partial charge in [0.1, 0.15) is 0 Å². The highest BCUT2D eigenvalue weighted by Crippen LogP contribution is 2.17. The summed E-state index contributed by atoms with van der Waals surface area (Å²) in [6.45, 7) is 5.19. The Balaban J connectivity index is 2.43. The Kier molecular flexibility index (Phi) is 7.09. The molecule has 1 saturated heterocycles. The van der Waals surface area contributed by atoms with Crippen LogP contribution in [-0.4, -0.2) is 41.3 Å². The maximum atomic E-state index is 12.2. The molecule has 106 valence electrons. The average Bonchev–Trinajstić information content (AvgIpc) is 2.84. The van der Waals surface area contributed by atoms with Crippen molar-refractivity contribution in [2.24, 2.45) is 0 Å². The summed E-state index contributed by atoms with van der Waals surface area (Å²) in [5.74, 6) is 0. The molecule has 2 amide bonds. The Morgan fingerprint density at radius 2 is 2.17 bits per heavy atom. The Hall–Kier alpha value is -0.770. The molecule has 2 N–H and O–H groups in total. The first kappa shape index (κ1) is 15.3. The lowest BCUT2D eigenvalue weighted by Crippen LogP contribution is -2.47. The van der Waals surface area contributed by atoms with Gasteiger partial charge in [-0.3, -0.25) is 0 Å². The first-order valence-corrected chi connectivity index (χ1v) is 7.40. The largest absolute Gasteiger partial charge is 0.394 e.